The van der Waals surface area contributed by atoms with Crippen molar-refractivity contribution in [2.45, 2.75) is 72.1 Å². The summed E-state index contributed by atoms with van der Waals surface area (Å²) in [7, 11) is 0. The number of halogens is 2. The van der Waals surface area contributed by atoms with Crippen molar-refractivity contribution in [2.24, 2.45) is 0 Å². The van der Waals surface area contributed by atoms with Crippen molar-refractivity contribution in [3.8, 4) is 11.1 Å². The largest absolute Gasteiger partial charge is 0.444 e. The van der Waals surface area contributed by atoms with E-state index >= 15 is 0 Å². The zero-order chi connectivity index (χ0) is 28.2. The normalized spacial score (nSPS) is 16.2. The second-order valence-corrected chi connectivity index (χ2v) is 12.9. The number of carbonyl (C=O) groups is 2. The van der Waals surface area contributed by atoms with E-state index in [9.17, 15) is 14.0 Å². The molecule has 9 heteroatoms. The highest BCUT2D eigenvalue weighted by atomic mass is 35.5. The first-order chi connectivity index (χ1) is 17.5. The van der Waals surface area contributed by atoms with Crippen molar-refractivity contribution in [2.75, 3.05) is 19.6 Å². The van der Waals surface area contributed by atoms with E-state index in [4.69, 9.17) is 21.3 Å². The maximum atomic E-state index is 14.3. The highest BCUT2D eigenvalue weighted by Gasteiger charge is 2.40. The fourth-order valence-corrected chi connectivity index (χ4v) is 4.90. The number of hydrogen-bond acceptors (Lipinski definition) is 4. The lowest BCUT2D eigenvalue weighted by Crippen LogP contribution is -2.62. The van der Waals surface area contributed by atoms with Gasteiger partial charge in [0.2, 0.25) is 0 Å². The first-order valence-electron chi connectivity index (χ1n) is 12.8. The van der Waals surface area contributed by atoms with Crippen molar-refractivity contribution in [3.63, 3.8) is 0 Å². The van der Waals surface area contributed by atoms with Crippen molar-refractivity contribution in [1.82, 2.24) is 19.4 Å². The van der Waals surface area contributed by atoms with Gasteiger partial charge in [0.25, 0.3) is 5.91 Å². The lowest BCUT2D eigenvalue weighted by atomic mass is 9.98. The summed E-state index contributed by atoms with van der Waals surface area (Å²) in [6, 6.07) is 8.30. The molecule has 204 valence electrons. The molecule has 3 heterocycles. The molecule has 1 aliphatic rings. The molecule has 0 spiro atoms. The molecule has 1 saturated heterocycles. The fourth-order valence-electron chi connectivity index (χ4n) is 4.78. The Balaban J connectivity index is 1.68. The number of fused-ring (bicyclic) bond motifs is 1. The van der Waals surface area contributed by atoms with Gasteiger partial charge in [-0.25, -0.2) is 14.2 Å². The molecule has 0 unspecified atom stereocenters. The number of benzene rings is 1. The fraction of sp³-hybridized carbons (Fsp3) is 0.483. The van der Waals surface area contributed by atoms with E-state index < -0.39 is 17.0 Å². The third-order valence-corrected chi connectivity index (χ3v) is 6.93. The van der Waals surface area contributed by atoms with E-state index in [1.807, 2.05) is 72.2 Å². The van der Waals surface area contributed by atoms with Crippen LogP contribution < -0.4 is 0 Å². The monoisotopic (exact) mass is 542 g/mol. The predicted octanol–water partition coefficient (Wildman–Crippen LogP) is 6.72. The Morgan fingerprint density at radius 3 is 2.32 bits per heavy atom. The average molecular weight is 543 g/mol. The van der Waals surface area contributed by atoms with E-state index in [0.717, 1.165) is 10.9 Å². The Morgan fingerprint density at radius 1 is 1.05 bits per heavy atom. The molecule has 0 saturated carbocycles. The number of pyridine rings is 1. The first-order valence-corrected chi connectivity index (χ1v) is 13.1. The van der Waals surface area contributed by atoms with E-state index in [0.29, 0.717) is 36.5 Å². The van der Waals surface area contributed by atoms with Crippen LogP contribution in [0.2, 0.25) is 5.02 Å². The molecule has 38 heavy (non-hydrogen) atoms. The molecular formula is C29H36ClFN4O3. The Bertz CT molecular complexity index is 1400. The summed E-state index contributed by atoms with van der Waals surface area (Å²) < 4.78 is 21.8. The van der Waals surface area contributed by atoms with Crippen molar-refractivity contribution >= 4 is 34.6 Å². The van der Waals surface area contributed by atoms with Gasteiger partial charge in [0, 0.05) is 42.3 Å². The molecule has 2 amide bonds. The molecule has 0 bridgehead atoms. The molecule has 3 aromatic rings. The minimum absolute atomic E-state index is 0.0636. The lowest BCUT2D eigenvalue weighted by Gasteiger charge is -2.46. The summed E-state index contributed by atoms with van der Waals surface area (Å²) in [6.45, 7) is 16.6. The summed E-state index contributed by atoms with van der Waals surface area (Å²) in [5, 5.41) is 0.876. The number of piperazine rings is 1. The lowest BCUT2D eigenvalue weighted by molar-refractivity contribution is -0.0110. The van der Waals surface area contributed by atoms with Gasteiger partial charge in [-0.2, -0.15) is 0 Å². The van der Waals surface area contributed by atoms with Gasteiger partial charge in [0.1, 0.15) is 22.8 Å². The van der Waals surface area contributed by atoms with Crippen molar-refractivity contribution in [3.05, 3.63) is 53.1 Å². The van der Waals surface area contributed by atoms with Gasteiger partial charge in [-0.15, -0.1) is 0 Å². The number of carbonyl (C=O) groups excluding carboxylic acids is 2. The highest BCUT2D eigenvalue weighted by Crippen LogP contribution is 2.35. The maximum absolute atomic E-state index is 14.3. The van der Waals surface area contributed by atoms with Crippen LogP contribution in [0.15, 0.2) is 36.5 Å². The molecule has 0 radical (unpaired) electrons. The third kappa shape index (κ3) is 5.51. The summed E-state index contributed by atoms with van der Waals surface area (Å²) in [4.78, 5) is 34.6. The molecule has 1 aromatic carbocycles. The number of hydrogen-bond donors (Lipinski definition) is 0. The third-order valence-electron chi connectivity index (χ3n) is 6.62. The molecule has 1 fully saturated rings. The second kappa shape index (κ2) is 9.56. The first kappa shape index (κ1) is 27.9. The number of ether oxygens (including phenoxy) is 1. The number of aromatic nitrogens is 2. The quantitative estimate of drug-likeness (QED) is 0.360. The van der Waals surface area contributed by atoms with Gasteiger partial charge in [-0.1, -0.05) is 17.7 Å². The van der Waals surface area contributed by atoms with Crippen LogP contribution in [-0.4, -0.2) is 62.1 Å². The van der Waals surface area contributed by atoms with E-state index in [2.05, 4.69) is 0 Å². The molecule has 0 aliphatic carbocycles. The minimum atomic E-state index is -0.624. The summed E-state index contributed by atoms with van der Waals surface area (Å²) in [6.07, 6.45) is 1.56. The summed E-state index contributed by atoms with van der Waals surface area (Å²) in [5.41, 5.74) is 0.887. The zero-order valence-corrected chi connectivity index (χ0v) is 24.1. The van der Waals surface area contributed by atoms with Gasteiger partial charge >= 0.3 is 6.09 Å². The smallest absolute Gasteiger partial charge is 0.410 e. The van der Waals surface area contributed by atoms with Crippen LogP contribution in [0.5, 0.6) is 0 Å². The van der Waals surface area contributed by atoms with Crippen LogP contribution in [0.3, 0.4) is 0 Å². The molecule has 0 atom stereocenters. The predicted molar refractivity (Wildman–Crippen MR) is 148 cm³/mol. The SMILES string of the molecule is CC(C)(C)OC(=O)N1CCN(C(=O)c2ccc3c(-c4ccc(Cl)c(F)c4)cn(C(C)(C)C)c3n2)C(C)(C)C1. The average Bonchev–Trinajstić information content (AvgIpc) is 3.18. The molecule has 0 N–H and O–H groups in total. The van der Waals surface area contributed by atoms with E-state index in [1.165, 1.54) is 12.1 Å². The topological polar surface area (TPSA) is 67.7 Å². The van der Waals surface area contributed by atoms with Crippen LogP contribution in [-0.2, 0) is 10.3 Å². The van der Waals surface area contributed by atoms with Gasteiger partial charge in [-0.05, 0) is 85.2 Å². The van der Waals surface area contributed by atoms with Crippen LogP contribution in [0.1, 0.15) is 65.9 Å². The Hall–Kier alpha value is -3.13. The molecule has 4 rings (SSSR count). The molecular weight excluding hydrogens is 507 g/mol. The number of amides is 2. The molecule has 2 aromatic heterocycles. The standard InChI is InChI=1S/C29H36ClFN4O3/c1-27(2,3)35-16-20(18-9-11-21(30)22(31)15-18)19-10-12-23(32-24(19)35)25(36)34-14-13-33(17-29(34,7)8)26(37)38-28(4,5)6/h9-12,15-16H,13-14,17H2,1-8H3. The van der Waals surface area contributed by atoms with Crippen molar-refractivity contribution < 1.29 is 18.7 Å². The molecule has 7 nitrogen and oxygen atoms in total. The van der Waals surface area contributed by atoms with Gasteiger partial charge in [-0.3, -0.25) is 4.79 Å². The Morgan fingerprint density at radius 2 is 1.74 bits per heavy atom. The van der Waals surface area contributed by atoms with Gasteiger partial charge < -0.3 is 19.1 Å². The van der Waals surface area contributed by atoms with Crippen LogP contribution in [0.4, 0.5) is 9.18 Å². The minimum Gasteiger partial charge on any atom is -0.444 e. The summed E-state index contributed by atoms with van der Waals surface area (Å²) in [5.74, 6) is -0.699. The van der Waals surface area contributed by atoms with Gasteiger partial charge in [0.15, 0.2) is 0 Å². The van der Waals surface area contributed by atoms with E-state index in [1.54, 1.807) is 21.9 Å². The highest BCUT2D eigenvalue weighted by molar-refractivity contribution is 6.30. The van der Waals surface area contributed by atoms with Crippen LogP contribution in [0, 0.1) is 5.82 Å². The second-order valence-electron chi connectivity index (χ2n) is 12.5. The molecule has 1 aliphatic heterocycles. The van der Waals surface area contributed by atoms with Gasteiger partial charge in [0.05, 0.1) is 10.6 Å². The number of rotatable bonds is 2. The maximum Gasteiger partial charge on any atom is 0.410 e. The number of nitrogens with zero attached hydrogens (tertiary/aromatic N) is 4. The zero-order valence-electron chi connectivity index (χ0n) is 23.4. The Kier molecular flexibility index (Phi) is 7.02. The Labute approximate surface area is 228 Å². The van der Waals surface area contributed by atoms with Crippen LogP contribution >= 0.6 is 11.6 Å². The van der Waals surface area contributed by atoms with Crippen molar-refractivity contribution in [1.29, 1.82) is 0 Å². The van der Waals surface area contributed by atoms with Crippen LogP contribution in [0.25, 0.3) is 22.2 Å². The van der Waals surface area contributed by atoms with E-state index in [-0.39, 0.29) is 22.6 Å². The summed E-state index contributed by atoms with van der Waals surface area (Å²) >= 11 is 5.91.